The van der Waals surface area contributed by atoms with E-state index in [0.717, 1.165) is 6.26 Å². The normalized spacial score (nSPS) is 10.9. The van der Waals surface area contributed by atoms with Crippen molar-refractivity contribution < 1.29 is 17.9 Å². The minimum Gasteiger partial charge on any atom is -0.484 e. The number of carbonyl (C=O) groups is 1. The smallest absolute Gasteiger partial charge is 0.257 e. The zero-order valence-corrected chi connectivity index (χ0v) is 9.87. The van der Waals surface area contributed by atoms with Crippen LogP contribution < -0.4 is 10.1 Å². The van der Waals surface area contributed by atoms with Gasteiger partial charge in [0.2, 0.25) is 0 Å². The third kappa shape index (κ3) is 3.54. The number of likely N-dealkylation sites (N-methyl/N-ethyl adjacent to an activating group) is 1. The molecule has 0 spiro atoms. The summed E-state index contributed by atoms with van der Waals surface area (Å²) in [6, 6.07) is 6.02. The number of carbonyl (C=O) groups excluding carboxylic acids is 1. The van der Waals surface area contributed by atoms with E-state index in [0.29, 0.717) is 5.75 Å². The lowest BCUT2D eigenvalue weighted by molar-refractivity contribution is -0.122. The number of benzene rings is 1. The first-order valence-corrected chi connectivity index (χ1v) is 6.46. The van der Waals surface area contributed by atoms with Gasteiger partial charge in [-0.3, -0.25) is 4.79 Å². The highest BCUT2D eigenvalue weighted by molar-refractivity contribution is 7.90. The van der Waals surface area contributed by atoms with E-state index in [1.165, 1.54) is 19.2 Å². The molecule has 0 atom stereocenters. The Balaban J connectivity index is 2.80. The molecule has 0 bridgehead atoms. The minimum absolute atomic E-state index is 0.135. The number of rotatable bonds is 4. The maximum absolute atomic E-state index is 11.2. The molecule has 0 aliphatic carbocycles. The lowest BCUT2D eigenvalue weighted by Crippen LogP contribution is -2.24. The van der Waals surface area contributed by atoms with Crippen molar-refractivity contribution in [3.63, 3.8) is 0 Å². The Morgan fingerprint density at radius 1 is 1.44 bits per heavy atom. The van der Waals surface area contributed by atoms with E-state index < -0.39 is 9.84 Å². The van der Waals surface area contributed by atoms with Crippen LogP contribution in [0.1, 0.15) is 0 Å². The van der Waals surface area contributed by atoms with Crippen LogP contribution in [0.15, 0.2) is 29.2 Å². The van der Waals surface area contributed by atoms with E-state index in [4.69, 9.17) is 4.74 Å². The topological polar surface area (TPSA) is 72.5 Å². The molecular weight excluding hydrogens is 230 g/mol. The molecule has 1 amide bonds. The molecule has 1 N–H and O–H groups in total. The van der Waals surface area contributed by atoms with Gasteiger partial charge >= 0.3 is 0 Å². The highest BCUT2D eigenvalue weighted by Gasteiger charge is 2.08. The number of amides is 1. The fourth-order valence-corrected chi connectivity index (χ4v) is 1.67. The predicted molar refractivity (Wildman–Crippen MR) is 59.1 cm³/mol. The highest BCUT2D eigenvalue weighted by atomic mass is 32.2. The monoisotopic (exact) mass is 243 g/mol. The lowest BCUT2D eigenvalue weighted by Gasteiger charge is -2.06. The van der Waals surface area contributed by atoms with E-state index in [1.807, 2.05) is 0 Å². The summed E-state index contributed by atoms with van der Waals surface area (Å²) < 4.78 is 27.6. The number of hydrogen-bond donors (Lipinski definition) is 1. The Morgan fingerprint density at radius 2 is 2.12 bits per heavy atom. The summed E-state index contributed by atoms with van der Waals surface area (Å²) >= 11 is 0. The molecular formula is C10H13NO4S. The predicted octanol–water partition coefficient (Wildman–Crippen LogP) is 0.215. The van der Waals surface area contributed by atoms with Crippen LogP contribution >= 0.6 is 0 Å². The summed E-state index contributed by atoms with van der Waals surface area (Å²) in [5.41, 5.74) is 0. The summed E-state index contributed by atoms with van der Waals surface area (Å²) in [5, 5.41) is 2.40. The number of hydrogen-bond acceptors (Lipinski definition) is 4. The quantitative estimate of drug-likeness (QED) is 0.820. The fourth-order valence-electron chi connectivity index (χ4n) is 1.02. The molecule has 0 fully saturated rings. The van der Waals surface area contributed by atoms with E-state index in [-0.39, 0.29) is 17.4 Å². The van der Waals surface area contributed by atoms with Gasteiger partial charge in [-0.1, -0.05) is 6.07 Å². The average molecular weight is 243 g/mol. The maximum atomic E-state index is 11.2. The molecule has 0 heterocycles. The first-order valence-electron chi connectivity index (χ1n) is 4.57. The molecule has 88 valence electrons. The molecule has 0 saturated heterocycles. The Bertz CT molecular complexity index is 481. The Labute approximate surface area is 94.3 Å². The van der Waals surface area contributed by atoms with Crippen LogP contribution in [0, 0.1) is 0 Å². The molecule has 1 aromatic carbocycles. The molecule has 0 saturated carbocycles. The van der Waals surface area contributed by atoms with Gasteiger partial charge < -0.3 is 10.1 Å². The largest absolute Gasteiger partial charge is 0.484 e. The fraction of sp³-hybridized carbons (Fsp3) is 0.300. The Morgan fingerprint density at radius 3 is 2.69 bits per heavy atom. The van der Waals surface area contributed by atoms with Gasteiger partial charge in [-0.15, -0.1) is 0 Å². The van der Waals surface area contributed by atoms with Gasteiger partial charge in [-0.2, -0.15) is 0 Å². The van der Waals surface area contributed by atoms with Crippen LogP contribution in [-0.2, 0) is 14.6 Å². The van der Waals surface area contributed by atoms with E-state index in [2.05, 4.69) is 5.32 Å². The van der Waals surface area contributed by atoms with Crippen molar-refractivity contribution in [1.82, 2.24) is 5.32 Å². The molecule has 0 aromatic heterocycles. The summed E-state index contributed by atoms with van der Waals surface area (Å²) in [5.74, 6) is 0.0799. The van der Waals surface area contributed by atoms with Gasteiger partial charge in [0.05, 0.1) is 4.90 Å². The van der Waals surface area contributed by atoms with Gasteiger partial charge in [0.15, 0.2) is 16.4 Å². The zero-order valence-electron chi connectivity index (χ0n) is 9.06. The van der Waals surface area contributed by atoms with Gasteiger partial charge in [0.25, 0.3) is 5.91 Å². The summed E-state index contributed by atoms with van der Waals surface area (Å²) in [4.78, 5) is 11.1. The summed E-state index contributed by atoms with van der Waals surface area (Å²) in [6.45, 7) is -0.135. The van der Waals surface area contributed by atoms with Crippen LogP contribution in [0.5, 0.6) is 5.75 Å². The van der Waals surface area contributed by atoms with Crippen molar-refractivity contribution in [2.75, 3.05) is 19.9 Å². The van der Waals surface area contributed by atoms with Crippen molar-refractivity contribution >= 4 is 15.7 Å². The number of sulfone groups is 1. The SMILES string of the molecule is CNC(=O)COc1cccc(S(C)(=O)=O)c1. The molecule has 0 unspecified atom stereocenters. The number of ether oxygens (including phenoxy) is 1. The maximum Gasteiger partial charge on any atom is 0.257 e. The second-order valence-electron chi connectivity index (χ2n) is 3.21. The summed E-state index contributed by atoms with van der Waals surface area (Å²) in [7, 11) is -1.75. The van der Waals surface area contributed by atoms with E-state index in [9.17, 15) is 13.2 Å². The second kappa shape index (κ2) is 4.98. The third-order valence-corrected chi connectivity index (χ3v) is 2.99. The average Bonchev–Trinajstić information content (AvgIpc) is 2.25. The number of nitrogens with one attached hydrogen (secondary N) is 1. The highest BCUT2D eigenvalue weighted by Crippen LogP contribution is 2.17. The van der Waals surface area contributed by atoms with Crippen molar-refractivity contribution in [3.05, 3.63) is 24.3 Å². The van der Waals surface area contributed by atoms with Gasteiger partial charge in [-0.05, 0) is 18.2 Å². The molecule has 0 radical (unpaired) electrons. The molecule has 16 heavy (non-hydrogen) atoms. The molecule has 0 aliphatic heterocycles. The molecule has 1 aromatic rings. The Hall–Kier alpha value is -1.56. The molecule has 6 heteroatoms. The molecule has 1 rings (SSSR count). The van der Waals surface area contributed by atoms with Crippen molar-refractivity contribution in [2.24, 2.45) is 0 Å². The second-order valence-corrected chi connectivity index (χ2v) is 5.22. The summed E-state index contributed by atoms with van der Waals surface area (Å²) in [6.07, 6.45) is 1.12. The van der Waals surface area contributed by atoms with Crippen LogP contribution in [0.3, 0.4) is 0 Å². The first-order chi connectivity index (χ1) is 7.43. The van der Waals surface area contributed by atoms with E-state index >= 15 is 0 Å². The van der Waals surface area contributed by atoms with Gasteiger partial charge in [0, 0.05) is 13.3 Å². The van der Waals surface area contributed by atoms with Crippen molar-refractivity contribution in [3.8, 4) is 5.75 Å². The van der Waals surface area contributed by atoms with Gasteiger partial charge in [0.1, 0.15) is 5.75 Å². The van der Waals surface area contributed by atoms with Crippen LogP contribution in [0.4, 0.5) is 0 Å². The third-order valence-electron chi connectivity index (χ3n) is 1.88. The van der Waals surface area contributed by atoms with Crippen molar-refractivity contribution in [1.29, 1.82) is 0 Å². The van der Waals surface area contributed by atoms with Crippen LogP contribution in [-0.4, -0.2) is 34.2 Å². The standard InChI is InChI=1S/C10H13NO4S/c1-11-10(12)7-15-8-4-3-5-9(6-8)16(2,13)14/h3-6H,7H2,1-2H3,(H,11,12). The lowest BCUT2D eigenvalue weighted by atomic mass is 10.3. The minimum atomic E-state index is -3.25. The first kappa shape index (κ1) is 12.5. The van der Waals surface area contributed by atoms with Gasteiger partial charge in [-0.25, -0.2) is 8.42 Å². The van der Waals surface area contributed by atoms with Crippen LogP contribution in [0.2, 0.25) is 0 Å². The zero-order chi connectivity index (χ0) is 12.2. The Kier molecular flexibility index (Phi) is 3.89. The van der Waals surface area contributed by atoms with E-state index in [1.54, 1.807) is 12.1 Å². The van der Waals surface area contributed by atoms with Crippen LogP contribution in [0.25, 0.3) is 0 Å². The molecule has 5 nitrogen and oxygen atoms in total. The molecule has 0 aliphatic rings. The van der Waals surface area contributed by atoms with Crippen molar-refractivity contribution in [2.45, 2.75) is 4.90 Å².